The van der Waals surface area contributed by atoms with Gasteiger partial charge in [-0.3, -0.25) is 0 Å². The van der Waals surface area contributed by atoms with E-state index in [0.717, 1.165) is 19.6 Å². The molecule has 0 aromatic rings. The van der Waals surface area contributed by atoms with Gasteiger partial charge in [0.05, 0.1) is 6.10 Å². The first-order chi connectivity index (χ1) is 6.86. The van der Waals surface area contributed by atoms with Crippen LogP contribution in [-0.2, 0) is 0 Å². The van der Waals surface area contributed by atoms with Crippen LogP contribution in [-0.4, -0.2) is 36.9 Å². The summed E-state index contributed by atoms with van der Waals surface area (Å²) in [5, 5.41) is 16.5. The zero-order valence-electron chi connectivity index (χ0n) is 8.84. The van der Waals surface area contributed by atoms with Crippen LogP contribution in [0.3, 0.4) is 0 Å². The Bertz CT molecular complexity index is 165. The van der Waals surface area contributed by atoms with Crippen molar-refractivity contribution in [2.24, 2.45) is 5.92 Å². The highest BCUT2D eigenvalue weighted by Gasteiger charge is 2.29. The van der Waals surface area contributed by atoms with E-state index < -0.39 is 0 Å². The van der Waals surface area contributed by atoms with Gasteiger partial charge in [0, 0.05) is 19.1 Å². The molecule has 2 rings (SSSR count). The monoisotopic (exact) mass is 198 g/mol. The van der Waals surface area contributed by atoms with Crippen LogP contribution in [0.15, 0.2) is 0 Å². The number of aliphatic hydroxyl groups excluding tert-OH is 1. The van der Waals surface area contributed by atoms with E-state index in [2.05, 4.69) is 10.6 Å². The minimum absolute atomic E-state index is 0.0985. The van der Waals surface area contributed by atoms with Crippen molar-refractivity contribution >= 4 is 0 Å². The van der Waals surface area contributed by atoms with Crippen LogP contribution in [0.5, 0.6) is 0 Å². The summed E-state index contributed by atoms with van der Waals surface area (Å²) in [6.07, 6.45) is 6.31. The topological polar surface area (TPSA) is 44.3 Å². The Kier molecular flexibility index (Phi) is 3.79. The summed E-state index contributed by atoms with van der Waals surface area (Å²) in [5.41, 5.74) is 0. The summed E-state index contributed by atoms with van der Waals surface area (Å²) in [6, 6.07) is 0.634. The van der Waals surface area contributed by atoms with Crippen molar-refractivity contribution < 1.29 is 5.11 Å². The molecule has 2 fully saturated rings. The van der Waals surface area contributed by atoms with Crippen LogP contribution in [0.4, 0.5) is 0 Å². The largest absolute Gasteiger partial charge is 0.392 e. The number of aliphatic hydroxyl groups is 1. The van der Waals surface area contributed by atoms with Gasteiger partial charge in [-0.05, 0) is 38.1 Å². The fourth-order valence-electron chi connectivity index (χ4n) is 2.15. The lowest BCUT2D eigenvalue weighted by atomic mass is 10.1. The first-order valence-electron chi connectivity index (χ1n) is 5.98. The summed E-state index contributed by atoms with van der Waals surface area (Å²) in [7, 11) is 0. The van der Waals surface area contributed by atoms with Gasteiger partial charge in [-0.1, -0.05) is 6.42 Å². The summed E-state index contributed by atoms with van der Waals surface area (Å²) in [6.45, 7) is 2.96. The number of nitrogens with one attached hydrogen (secondary N) is 2. The molecule has 1 aliphatic carbocycles. The van der Waals surface area contributed by atoms with E-state index in [4.69, 9.17) is 0 Å². The minimum Gasteiger partial charge on any atom is -0.392 e. The van der Waals surface area contributed by atoms with E-state index in [1.807, 2.05) is 0 Å². The molecule has 3 heteroatoms. The van der Waals surface area contributed by atoms with Gasteiger partial charge in [0.2, 0.25) is 0 Å². The first-order valence-corrected chi connectivity index (χ1v) is 5.98. The van der Waals surface area contributed by atoms with E-state index in [-0.39, 0.29) is 6.10 Å². The van der Waals surface area contributed by atoms with E-state index in [1.54, 1.807) is 0 Å². The SMILES string of the molecule is OC(CNCC1CCCCN1)C1CC1. The molecule has 0 aromatic heterocycles. The molecule has 0 amide bonds. The van der Waals surface area contributed by atoms with Crippen LogP contribution in [0.2, 0.25) is 0 Å². The maximum absolute atomic E-state index is 9.64. The molecule has 3 nitrogen and oxygen atoms in total. The maximum Gasteiger partial charge on any atom is 0.0692 e. The maximum atomic E-state index is 9.64. The van der Waals surface area contributed by atoms with E-state index in [9.17, 15) is 5.11 Å². The third kappa shape index (κ3) is 3.23. The van der Waals surface area contributed by atoms with Crippen LogP contribution in [0, 0.1) is 5.92 Å². The van der Waals surface area contributed by atoms with E-state index in [1.165, 1.54) is 32.1 Å². The zero-order valence-corrected chi connectivity index (χ0v) is 8.84. The Morgan fingerprint density at radius 2 is 2.14 bits per heavy atom. The zero-order chi connectivity index (χ0) is 9.80. The fourth-order valence-corrected chi connectivity index (χ4v) is 2.15. The summed E-state index contributed by atoms with van der Waals surface area (Å²) in [5.74, 6) is 0.599. The summed E-state index contributed by atoms with van der Waals surface area (Å²) in [4.78, 5) is 0. The second kappa shape index (κ2) is 5.10. The molecule has 3 N–H and O–H groups in total. The van der Waals surface area contributed by atoms with Gasteiger partial charge in [0.1, 0.15) is 0 Å². The molecule has 1 heterocycles. The van der Waals surface area contributed by atoms with Gasteiger partial charge < -0.3 is 15.7 Å². The number of piperidine rings is 1. The molecular formula is C11H22N2O. The molecule has 14 heavy (non-hydrogen) atoms. The third-order valence-electron chi connectivity index (χ3n) is 3.32. The van der Waals surface area contributed by atoms with E-state index in [0.29, 0.717) is 12.0 Å². The molecule has 0 aromatic carbocycles. The Hall–Kier alpha value is -0.120. The molecule has 2 unspecified atom stereocenters. The van der Waals surface area contributed by atoms with E-state index >= 15 is 0 Å². The first kappa shape index (κ1) is 10.4. The van der Waals surface area contributed by atoms with Gasteiger partial charge in [0.15, 0.2) is 0 Å². The highest BCUT2D eigenvalue weighted by Crippen LogP contribution is 2.32. The standard InChI is InChI=1S/C11H22N2O/c14-11(9-4-5-9)8-12-7-10-3-1-2-6-13-10/h9-14H,1-8H2. The normalized spacial score (nSPS) is 30.2. The second-order valence-corrected chi connectivity index (χ2v) is 4.71. The highest BCUT2D eigenvalue weighted by atomic mass is 16.3. The van der Waals surface area contributed by atoms with Crippen LogP contribution < -0.4 is 10.6 Å². The molecule has 2 aliphatic rings. The molecule has 1 aliphatic heterocycles. The summed E-state index contributed by atoms with van der Waals surface area (Å²) >= 11 is 0. The third-order valence-corrected chi connectivity index (χ3v) is 3.32. The number of hydrogen-bond acceptors (Lipinski definition) is 3. The van der Waals surface area contributed by atoms with Gasteiger partial charge in [-0.25, -0.2) is 0 Å². The van der Waals surface area contributed by atoms with Crippen LogP contribution >= 0.6 is 0 Å². The smallest absolute Gasteiger partial charge is 0.0692 e. The average Bonchev–Trinajstić information content (AvgIpc) is 3.02. The molecule has 2 atom stereocenters. The fraction of sp³-hybridized carbons (Fsp3) is 1.00. The Balaban J connectivity index is 1.52. The minimum atomic E-state index is -0.0985. The van der Waals surface area contributed by atoms with Crippen LogP contribution in [0.25, 0.3) is 0 Å². The Labute approximate surface area is 86.3 Å². The number of hydrogen-bond donors (Lipinski definition) is 3. The highest BCUT2D eigenvalue weighted by molar-refractivity contribution is 4.83. The van der Waals surface area contributed by atoms with Crippen molar-refractivity contribution in [3.8, 4) is 0 Å². The second-order valence-electron chi connectivity index (χ2n) is 4.71. The van der Waals surface area contributed by atoms with Crippen molar-refractivity contribution in [3.63, 3.8) is 0 Å². The number of rotatable bonds is 5. The lowest BCUT2D eigenvalue weighted by Gasteiger charge is -2.24. The van der Waals surface area contributed by atoms with Crippen molar-refractivity contribution in [2.75, 3.05) is 19.6 Å². The predicted octanol–water partition coefficient (Wildman–Crippen LogP) is 0.489. The predicted molar refractivity (Wildman–Crippen MR) is 57.2 cm³/mol. The van der Waals surface area contributed by atoms with Crippen molar-refractivity contribution in [1.82, 2.24) is 10.6 Å². The quantitative estimate of drug-likeness (QED) is 0.602. The van der Waals surface area contributed by atoms with Gasteiger partial charge >= 0.3 is 0 Å². The molecular weight excluding hydrogens is 176 g/mol. The van der Waals surface area contributed by atoms with Gasteiger partial charge in [0.25, 0.3) is 0 Å². The molecule has 82 valence electrons. The Morgan fingerprint density at radius 3 is 2.79 bits per heavy atom. The lowest BCUT2D eigenvalue weighted by molar-refractivity contribution is 0.147. The van der Waals surface area contributed by atoms with Gasteiger partial charge in [-0.15, -0.1) is 0 Å². The Morgan fingerprint density at radius 1 is 1.29 bits per heavy atom. The van der Waals surface area contributed by atoms with Crippen molar-refractivity contribution in [2.45, 2.75) is 44.2 Å². The lowest BCUT2D eigenvalue weighted by Crippen LogP contribution is -2.43. The average molecular weight is 198 g/mol. The molecule has 1 saturated heterocycles. The van der Waals surface area contributed by atoms with Crippen LogP contribution in [0.1, 0.15) is 32.1 Å². The summed E-state index contributed by atoms with van der Waals surface area (Å²) < 4.78 is 0. The molecule has 0 bridgehead atoms. The van der Waals surface area contributed by atoms with Crippen molar-refractivity contribution in [1.29, 1.82) is 0 Å². The van der Waals surface area contributed by atoms with Gasteiger partial charge in [-0.2, -0.15) is 0 Å². The van der Waals surface area contributed by atoms with Crippen molar-refractivity contribution in [3.05, 3.63) is 0 Å². The molecule has 1 saturated carbocycles. The molecule has 0 spiro atoms. The molecule has 0 radical (unpaired) electrons.